The van der Waals surface area contributed by atoms with Crippen LogP contribution in [-0.4, -0.2) is 24.6 Å². The largest absolute Gasteiger partial charge is 0.497 e. The minimum absolute atomic E-state index is 0.0317. The maximum Gasteiger partial charge on any atom is 0.234 e. The third-order valence-electron chi connectivity index (χ3n) is 5.21. The number of carbonyl (C=O) groups is 2. The molecule has 2 N–H and O–H groups in total. The normalized spacial score (nSPS) is 18.2. The van der Waals surface area contributed by atoms with Crippen molar-refractivity contribution < 1.29 is 18.7 Å². The van der Waals surface area contributed by atoms with Crippen molar-refractivity contribution >= 4 is 29.1 Å². The summed E-state index contributed by atoms with van der Waals surface area (Å²) in [6.45, 7) is 0. The molecule has 1 aliphatic heterocycles. The van der Waals surface area contributed by atoms with E-state index in [-0.39, 0.29) is 17.4 Å². The van der Waals surface area contributed by atoms with Crippen molar-refractivity contribution in [2.24, 2.45) is 0 Å². The van der Waals surface area contributed by atoms with Gasteiger partial charge in [-0.25, -0.2) is 0 Å². The average Bonchev–Trinajstić information content (AvgIpc) is 3.32. The molecule has 1 unspecified atom stereocenters. The molecule has 1 atom stereocenters. The Labute approximate surface area is 184 Å². The summed E-state index contributed by atoms with van der Waals surface area (Å²) in [6, 6.07) is 12.8. The van der Waals surface area contributed by atoms with E-state index >= 15 is 0 Å². The van der Waals surface area contributed by atoms with E-state index in [1.54, 1.807) is 43.5 Å². The molecule has 158 valence electrons. The first-order chi connectivity index (χ1) is 15.1. The molecule has 0 saturated heterocycles. The van der Waals surface area contributed by atoms with Gasteiger partial charge in [0.2, 0.25) is 5.91 Å². The zero-order chi connectivity index (χ0) is 21.8. The van der Waals surface area contributed by atoms with Gasteiger partial charge in [-0.1, -0.05) is 11.8 Å². The summed E-state index contributed by atoms with van der Waals surface area (Å²) in [7, 11) is 1.58. The minimum Gasteiger partial charge on any atom is -0.497 e. The highest BCUT2D eigenvalue weighted by Gasteiger charge is 2.38. The average molecular weight is 436 g/mol. The Morgan fingerprint density at radius 3 is 2.81 bits per heavy atom. The number of nitrogens with one attached hydrogen (secondary N) is 2. The Kier molecular flexibility index (Phi) is 6.14. The van der Waals surface area contributed by atoms with Gasteiger partial charge in [-0.15, -0.1) is 0 Å². The van der Waals surface area contributed by atoms with Gasteiger partial charge in [-0.05, 0) is 49.2 Å². The Morgan fingerprint density at radius 1 is 1.32 bits per heavy atom. The molecular weight excluding hydrogens is 414 g/mol. The van der Waals surface area contributed by atoms with Crippen LogP contribution in [0, 0.1) is 11.3 Å². The second-order valence-corrected chi connectivity index (χ2v) is 8.15. The first kappa shape index (κ1) is 20.8. The van der Waals surface area contributed by atoms with Gasteiger partial charge in [0.05, 0.1) is 41.7 Å². The molecule has 1 aromatic carbocycles. The van der Waals surface area contributed by atoms with Crippen LogP contribution in [0.4, 0.5) is 5.69 Å². The summed E-state index contributed by atoms with van der Waals surface area (Å²) in [5, 5.41) is 16.6. The third kappa shape index (κ3) is 4.37. The molecule has 7 nitrogen and oxygen atoms in total. The predicted octanol–water partition coefficient (Wildman–Crippen LogP) is 4.09. The molecule has 31 heavy (non-hydrogen) atoms. The van der Waals surface area contributed by atoms with Crippen molar-refractivity contribution in [1.29, 1.82) is 5.26 Å². The van der Waals surface area contributed by atoms with Crippen LogP contribution >= 0.6 is 11.8 Å². The molecule has 0 bridgehead atoms. The number of nitrogens with zero attached hydrogens (tertiary/aromatic N) is 1. The zero-order valence-electron chi connectivity index (χ0n) is 16.9. The topological polar surface area (TPSA) is 104 Å². The number of thioether (sulfide) groups is 1. The number of allylic oxidation sites excluding steroid dienone is 3. The van der Waals surface area contributed by atoms with E-state index in [9.17, 15) is 14.9 Å². The molecule has 8 heteroatoms. The van der Waals surface area contributed by atoms with Gasteiger partial charge in [-0.2, -0.15) is 5.26 Å². The van der Waals surface area contributed by atoms with E-state index in [0.717, 1.165) is 18.5 Å². The van der Waals surface area contributed by atoms with Crippen molar-refractivity contribution in [3.63, 3.8) is 0 Å². The summed E-state index contributed by atoms with van der Waals surface area (Å²) >= 11 is 1.25. The zero-order valence-corrected chi connectivity index (χ0v) is 17.8. The van der Waals surface area contributed by atoms with E-state index in [1.807, 2.05) is 0 Å². The van der Waals surface area contributed by atoms with Gasteiger partial charge in [0.25, 0.3) is 0 Å². The Morgan fingerprint density at radius 2 is 2.13 bits per heavy atom. The van der Waals surface area contributed by atoms with Crippen LogP contribution < -0.4 is 15.4 Å². The van der Waals surface area contributed by atoms with Crippen LogP contribution in [0.2, 0.25) is 0 Å². The van der Waals surface area contributed by atoms with E-state index in [0.29, 0.717) is 39.8 Å². The fourth-order valence-corrected chi connectivity index (χ4v) is 4.65. The number of carbonyl (C=O) groups excluding carboxylic acids is 2. The number of hydrogen-bond donors (Lipinski definition) is 2. The molecule has 0 spiro atoms. The lowest BCUT2D eigenvalue weighted by Gasteiger charge is -2.32. The fourth-order valence-electron chi connectivity index (χ4n) is 3.79. The molecule has 1 amide bonds. The lowest BCUT2D eigenvalue weighted by Crippen LogP contribution is -2.31. The highest BCUT2D eigenvalue weighted by molar-refractivity contribution is 8.03. The molecule has 2 heterocycles. The maximum atomic E-state index is 12.7. The van der Waals surface area contributed by atoms with Crippen molar-refractivity contribution in [2.75, 3.05) is 18.2 Å². The highest BCUT2D eigenvalue weighted by Crippen LogP contribution is 2.44. The first-order valence-electron chi connectivity index (χ1n) is 9.88. The number of Topliss-reactive ketones (excluding diaryl/α,β-unsaturated/α-hetero) is 1. The van der Waals surface area contributed by atoms with Gasteiger partial charge in [0.15, 0.2) is 5.78 Å². The smallest absolute Gasteiger partial charge is 0.234 e. The summed E-state index contributed by atoms with van der Waals surface area (Å²) < 4.78 is 10.7. The van der Waals surface area contributed by atoms with E-state index in [2.05, 4.69) is 16.7 Å². The quantitative estimate of drug-likeness (QED) is 0.704. The Balaban J connectivity index is 1.54. The number of rotatable bonds is 6. The number of furan rings is 1. The summed E-state index contributed by atoms with van der Waals surface area (Å²) in [5.74, 6) is 0.663. The number of anilines is 1. The second kappa shape index (κ2) is 9.14. The van der Waals surface area contributed by atoms with Crippen LogP contribution in [-0.2, 0) is 9.59 Å². The molecule has 2 aliphatic rings. The maximum absolute atomic E-state index is 12.7. The molecular formula is C23H21N3O4S. The first-order valence-corrected chi connectivity index (χ1v) is 10.9. The number of dihydropyridines is 1. The highest BCUT2D eigenvalue weighted by atomic mass is 32.2. The number of nitriles is 1. The number of ketones is 1. The van der Waals surface area contributed by atoms with E-state index in [1.165, 1.54) is 18.0 Å². The lowest BCUT2D eigenvalue weighted by molar-refractivity contribution is -0.116. The minimum atomic E-state index is -0.545. The number of hydrogen-bond acceptors (Lipinski definition) is 7. The van der Waals surface area contributed by atoms with E-state index in [4.69, 9.17) is 9.15 Å². The molecule has 0 saturated carbocycles. The monoisotopic (exact) mass is 435 g/mol. The summed E-state index contributed by atoms with van der Waals surface area (Å²) in [5.41, 5.74) is 2.47. The van der Waals surface area contributed by atoms with Crippen LogP contribution in [0.5, 0.6) is 5.75 Å². The van der Waals surface area contributed by atoms with Crippen LogP contribution in [0.15, 0.2) is 69.0 Å². The molecule has 0 radical (unpaired) electrons. The second-order valence-electron chi connectivity index (χ2n) is 7.16. The van der Waals surface area contributed by atoms with Gasteiger partial charge in [0, 0.05) is 23.4 Å². The Bertz CT molecular complexity index is 1090. The number of ether oxygens (including phenoxy) is 1. The number of methoxy groups -OCH3 is 1. The van der Waals surface area contributed by atoms with Gasteiger partial charge in [0.1, 0.15) is 11.5 Å². The molecule has 2 aromatic rings. The Hall–Kier alpha value is -3.44. The SMILES string of the molecule is COc1ccc(NC(=O)CSC2=C(C#N)C(c3ccco3)C3=C(CCCC3=O)N2)cc1. The fraction of sp³-hybridized carbons (Fsp3) is 0.261. The van der Waals surface area contributed by atoms with Crippen molar-refractivity contribution in [2.45, 2.75) is 25.2 Å². The third-order valence-corrected chi connectivity index (χ3v) is 6.23. The number of benzene rings is 1. The molecule has 4 rings (SSSR count). The lowest BCUT2D eigenvalue weighted by atomic mass is 9.79. The van der Waals surface area contributed by atoms with Gasteiger partial charge >= 0.3 is 0 Å². The van der Waals surface area contributed by atoms with Crippen LogP contribution in [0.25, 0.3) is 0 Å². The molecule has 1 aromatic heterocycles. The summed E-state index contributed by atoms with van der Waals surface area (Å²) in [4.78, 5) is 25.1. The van der Waals surface area contributed by atoms with Crippen molar-refractivity contribution in [3.05, 3.63) is 70.3 Å². The van der Waals surface area contributed by atoms with Crippen LogP contribution in [0.3, 0.4) is 0 Å². The summed E-state index contributed by atoms with van der Waals surface area (Å²) in [6.07, 6.45) is 3.48. The number of amides is 1. The van der Waals surface area contributed by atoms with Gasteiger partial charge in [-0.3, -0.25) is 9.59 Å². The van der Waals surface area contributed by atoms with Gasteiger partial charge < -0.3 is 19.8 Å². The standard InChI is InChI=1S/C23H21N3O4S/c1-29-15-9-7-14(8-10-15)25-20(28)13-31-23-16(12-24)21(19-6-3-11-30-19)22-17(26-23)4-2-5-18(22)27/h3,6-11,21,26H,2,4-5,13H2,1H3,(H,25,28). The molecule has 1 aliphatic carbocycles. The van der Waals surface area contributed by atoms with Crippen molar-refractivity contribution in [3.8, 4) is 11.8 Å². The van der Waals surface area contributed by atoms with Crippen LogP contribution in [0.1, 0.15) is 30.9 Å². The van der Waals surface area contributed by atoms with Crippen molar-refractivity contribution in [1.82, 2.24) is 5.32 Å². The predicted molar refractivity (Wildman–Crippen MR) is 117 cm³/mol. The molecule has 0 fully saturated rings. The van der Waals surface area contributed by atoms with E-state index < -0.39 is 5.92 Å².